The van der Waals surface area contributed by atoms with Gasteiger partial charge in [0, 0.05) is 50.0 Å². The maximum atomic E-state index is 2.48. The molecule has 0 N–H and O–H groups in total. The first-order chi connectivity index (χ1) is 28.3. The minimum atomic E-state index is 1.10. The van der Waals surface area contributed by atoms with Gasteiger partial charge >= 0.3 is 0 Å². The van der Waals surface area contributed by atoms with Gasteiger partial charge in [0.05, 0.1) is 22.1 Å². The zero-order valence-corrected chi connectivity index (χ0v) is 31.2. The largest absolute Gasteiger partial charge is 0.311 e. The molecule has 0 aliphatic rings. The number of aromatic nitrogens is 2. The molecule has 57 heavy (non-hydrogen) atoms. The number of para-hydroxylation sites is 4. The fourth-order valence-corrected chi connectivity index (χ4v) is 8.70. The molecular formula is C54H37N3. The summed E-state index contributed by atoms with van der Waals surface area (Å²) in [6.45, 7) is 0. The molecule has 3 heteroatoms. The summed E-state index contributed by atoms with van der Waals surface area (Å²) in [5.41, 5.74) is 15.2. The summed E-state index contributed by atoms with van der Waals surface area (Å²) in [5.74, 6) is 0. The van der Waals surface area contributed by atoms with Crippen molar-refractivity contribution in [3.05, 3.63) is 224 Å². The summed E-state index contributed by atoms with van der Waals surface area (Å²) in [5, 5.41) is 4.93. The molecule has 0 saturated heterocycles. The lowest BCUT2D eigenvalue weighted by molar-refractivity contribution is 1.15. The fraction of sp³-hybridized carbons (Fsp3) is 0. The predicted octanol–water partition coefficient (Wildman–Crippen LogP) is 14.7. The monoisotopic (exact) mass is 727 g/mol. The molecule has 11 rings (SSSR count). The highest BCUT2D eigenvalue weighted by atomic mass is 15.1. The molecule has 2 heterocycles. The van der Waals surface area contributed by atoms with Crippen molar-refractivity contribution in [1.82, 2.24) is 9.13 Å². The summed E-state index contributed by atoms with van der Waals surface area (Å²) in [7, 11) is 0. The smallest absolute Gasteiger partial charge is 0.0788 e. The number of rotatable bonds is 7. The number of anilines is 3. The third kappa shape index (κ3) is 5.51. The maximum Gasteiger partial charge on any atom is 0.0788 e. The van der Waals surface area contributed by atoms with Crippen LogP contribution in [0.1, 0.15) is 0 Å². The van der Waals surface area contributed by atoms with Gasteiger partial charge < -0.3 is 14.0 Å². The molecule has 9 aromatic carbocycles. The van der Waals surface area contributed by atoms with E-state index in [1.54, 1.807) is 0 Å². The molecule has 3 nitrogen and oxygen atoms in total. The van der Waals surface area contributed by atoms with Crippen LogP contribution in [-0.4, -0.2) is 9.13 Å². The summed E-state index contributed by atoms with van der Waals surface area (Å²) >= 11 is 0. The predicted molar refractivity (Wildman–Crippen MR) is 241 cm³/mol. The maximum absolute atomic E-state index is 2.48. The van der Waals surface area contributed by atoms with Crippen LogP contribution in [-0.2, 0) is 0 Å². The van der Waals surface area contributed by atoms with Gasteiger partial charge in [0.2, 0.25) is 0 Å². The first-order valence-corrected chi connectivity index (χ1v) is 19.5. The zero-order chi connectivity index (χ0) is 37.7. The Hall–Kier alpha value is -7.62. The quantitative estimate of drug-likeness (QED) is 0.159. The summed E-state index contributed by atoms with van der Waals surface area (Å²) in [6, 6.07) is 81.0. The fourth-order valence-electron chi connectivity index (χ4n) is 8.70. The van der Waals surface area contributed by atoms with Crippen molar-refractivity contribution in [2.45, 2.75) is 0 Å². The summed E-state index contributed by atoms with van der Waals surface area (Å²) in [4.78, 5) is 2.31. The van der Waals surface area contributed by atoms with Gasteiger partial charge in [-0.2, -0.15) is 0 Å². The highest BCUT2D eigenvalue weighted by Gasteiger charge is 2.22. The van der Waals surface area contributed by atoms with Gasteiger partial charge in [0.1, 0.15) is 0 Å². The molecular weight excluding hydrogens is 691 g/mol. The highest BCUT2D eigenvalue weighted by Crippen LogP contribution is 2.43. The van der Waals surface area contributed by atoms with Crippen LogP contribution in [0.4, 0.5) is 17.1 Å². The molecule has 0 amide bonds. The topological polar surface area (TPSA) is 13.1 Å². The zero-order valence-electron chi connectivity index (χ0n) is 31.2. The molecule has 0 aliphatic carbocycles. The molecule has 0 bridgehead atoms. The van der Waals surface area contributed by atoms with E-state index in [1.807, 2.05) is 0 Å². The second kappa shape index (κ2) is 13.6. The second-order valence-electron chi connectivity index (χ2n) is 14.6. The lowest BCUT2D eigenvalue weighted by Gasteiger charge is -2.25. The van der Waals surface area contributed by atoms with Crippen LogP contribution in [0.15, 0.2) is 224 Å². The third-order valence-electron chi connectivity index (χ3n) is 11.3. The Balaban J connectivity index is 1.12. The Morgan fingerprint density at radius 3 is 1.25 bits per heavy atom. The standard InChI is InChI=1S/C54H37N3/c1-4-15-38(16-5-1)39-27-29-40(30-28-39)41-17-14-22-46(37-41)57-52-26-13-11-24-48(52)50-36-35-49-47-23-10-12-25-51(47)56(53(49)54(50)57)45-33-31-44(32-34-45)55(42-18-6-2-7-19-42)43-20-8-3-9-21-43/h1-37H. The van der Waals surface area contributed by atoms with E-state index in [0.29, 0.717) is 0 Å². The van der Waals surface area contributed by atoms with Crippen molar-refractivity contribution >= 4 is 60.7 Å². The lowest BCUT2D eigenvalue weighted by Crippen LogP contribution is -2.09. The highest BCUT2D eigenvalue weighted by molar-refractivity contribution is 6.23. The van der Waals surface area contributed by atoms with Crippen molar-refractivity contribution in [1.29, 1.82) is 0 Å². The SMILES string of the molecule is c1ccc(-c2ccc(-c3cccc(-n4c5ccccc5c5ccc6c7ccccc7n(-c7ccc(N(c8ccccc8)c8ccccc8)cc7)c6c54)c3)cc2)cc1. The van der Waals surface area contributed by atoms with Crippen LogP contribution in [0, 0.1) is 0 Å². The normalized spacial score (nSPS) is 11.5. The molecule has 2 aromatic heterocycles. The van der Waals surface area contributed by atoms with E-state index in [-0.39, 0.29) is 0 Å². The van der Waals surface area contributed by atoms with Crippen LogP contribution in [0.3, 0.4) is 0 Å². The van der Waals surface area contributed by atoms with E-state index in [2.05, 4.69) is 238 Å². The number of nitrogens with zero attached hydrogens (tertiary/aromatic N) is 3. The van der Waals surface area contributed by atoms with Crippen LogP contribution in [0.2, 0.25) is 0 Å². The van der Waals surface area contributed by atoms with Gasteiger partial charge in [0.25, 0.3) is 0 Å². The van der Waals surface area contributed by atoms with E-state index in [0.717, 1.165) is 28.4 Å². The number of fused-ring (bicyclic) bond motifs is 7. The summed E-state index contributed by atoms with van der Waals surface area (Å²) < 4.78 is 4.94. The average Bonchev–Trinajstić information content (AvgIpc) is 3.81. The van der Waals surface area contributed by atoms with E-state index >= 15 is 0 Å². The Kier molecular flexibility index (Phi) is 7.82. The van der Waals surface area contributed by atoms with Crippen LogP contribution in [0.25, 0.3) is 77.2 Å². The van der Waals surface area contributed by atoms with Gasteiger partial charge in [-0.1, -0.05) is 152 Å². The molecule has 0 unspecified atom stereocenters. The van der Waals surface area contributed by atoms with Crippen molar-refractivity contribution in [3.8, 4) is 33.6 Å². The molecule has 268 valence electrons. The van der Waals surface area contributed by atoms with Crippen molar-refractivity contribution in [3.63, 3.8) is 0 Å². The molecule has 0 aliphatic heterocycles. The van der Waals surface area contributed by atoms with Crippen LogP contribution in [0.5, 0.6) is 0 Å². The first kappa shape index (κ1) is 32.8. The Bertz CT molecular complexity index is 3160. The van der Waals surface area contributed by atoms with Gasteiger partial charge in [-0.25, -0.2) is 0 Å². The molecule has 11 aromatic rings. The van der Waals surface area contributed by atoms with Gasteiger partial charge in [0.15, 0.2) is 0 Å². The van der Waals surface area contributed by atoms with Gasteiger partial charge in [-0.3, -0.25) is 0 Å². The number of hydrogen-bond acceptors (Lipinski definition) is 1. The Morgan fingerprint density at radius 2 is 0.684 bits per heavy atom. The van der Waals surface area contributed by atoms with Crippen molar-refractivity contribution in [2.75, 3.05) is 4.90 Å². The first-order valence-electron chi connectivity index (χ1n) is 19.5. The van der Waals surface area contributed by atoms with E-state index in [4.69, 9.17) is 0 Å². The average molecular weight is 728 g/mol. The molecule has 0 fully saturated rings. The van der Waals surface area contributed by atoms with E-state index in [1.165, 1.54) is 65.9 Å². The lowest BCUT2D eigenvalue weighted by atomic mass is 10.00. The van der Waals surface area contributed by atoms with Gasteiger partial charge in [-0.05, 0) is 95.1 Å². The Labute approximate surface area is 331 Å². The minimum absolute atomic E-state index is 1.10. The number of hydrogen-bond donors (Lipinski definition) is 0. The molecule has 0 atom stereocenters. The van der Waals surface area contributed by atoms with Crippen molar-refractivity contribution in [2.24, 2.45) is 0 Å². The van der Waals surface area contributed by atoms with Crippen LogP contribution >= 0.6 is 0 Å². The summed E-state index contributed by atoms with van der Waals surface area (Å²) in [6.07, 6.45) is 0. The third-order valence-corrected chi connectivity index (χ3v) is 11.3. The molecule has 0 saturated carbocycles. The number of benzene rings is 9. The molecule has 0 spiro atoms. The second-order valence-corrected chi connectivity index (χ2v) is 14.6. The minimum Gasteiger partial charge on any atom is -0.311 e. The Morgan fingerprint density at radius 1 is 0.263 bits per heavy atom. The van der Waals surface area contributed by atoms with E-state index < -0.39 is 0 Å². The van der Waals surface area contributed by atoms with Gasteiger partial charge in [-0.15, -0.1) is 0 Å². The molecule has 0 radical (unpaired) electrons. The van der Waals surface area contributed by atoms with Crippen LogP contribution < -0.4 is 4.90 Å². The van der Waals surface area contributed by atoms with E-state index in [9.17, 15) is 0 Å². The van der Waals surface area contributed by atoms with Crippen molar-refractivity contribution < 1.29 is 0 Å².